The van der Waals surface area contributed by atoms with Gasteiger partial charge in [-0.05, 0) is 30.0 Å². The first-order chi connectivity index (χ1) is 15.1. The highest BCUT2D eigenvalue weighted by molar-refractivity contribution is 5.77. The molecule has 6 heteroatoms. The molecule has 0 saturated heterocycles. The van der Waals surface area contributed by atoms with Crippen molar-refractivity contribution in [3.63, 3.8) is 0 Å². The fraction of sp³-hybridized carbons (Fsp3) is 0.640. The highest BCUT2D eigenvalue weighted by atomic mass is 16.4. The number of aliphatic imine (C=N–C) groups is 2. The first-order valence-corrected chi connectivity index (χ1v) is 11.6. The Kier molecular flexibility index (Phi) is 14.7. The van der Waals surface area contributed by atoms with Gasteiger partial charge in [0.25, 0.3) is 0 Å². The van der Waals surface area contributed by atoms with E-state index in [1.54, 1.807) is 18.2 Å². The van der Waals surface area contributed by atoms with Crippen LogP contribution in [0.3, 0.4) is 0 Å². The molecule has 1 aromatic rings. The van der Waals surface area contributed by atoms with Crippen LogP contribution in [0, 0.1) is 0 Å². The number of carboxylic acids is 1. The fourth-order valence-electron chi connectivity index (χ4n) is 3.79. The summed E-state index contributed by atoms with van der Waals surface area (Å²) in [5.41, 5.74) is 1.64. The molecule has 31 heavy (non-hydrogen) atoms. The van der Waals surface area contributed by atoms with Gasteiger partial charge < -0.3 is 5.11 Å². The van der Waals surface area contributed by atoms with Crippen LogP contribution >= 0.6 is 0 Å². The van der Waals surface area contributed by atoms with Crippen LogP contribution in [0.2, 0.25) is 0 Å². The van der Waals surface area contributed by atoms with Gasteiger partial charge in [0.15, 0.2) is 6.04 Å². The second-order valence-corrected chi connectivity index (χ2v) is 8.05. The molecular weight excluding hydrogens is 392 g/mol. The zero-order chi connectivity index (χ0) is 22.7. The SMILES string of the molecule is CCCCCCCCCCCCCCCc1cc(C(N=C=O)C(=O)O)ccc1N=C=O. The van der Waals surface area contributed by atoms with E-state index in [0.717, 1.165) is 24.8 Å². The van der Waals surface area contributed by atoms with Gasteiger partial charge in [-0.3, -0.25) is 0 Å². The van der Waals surface area contributed by atoms with Gasteiger partial charge in [0, 0.05) is 0 Å². The summed E-state index contributed by atoms with van der Waals surface area (Å²) < 4.78 is 0. The van der Waals surface area contributed by atoms with E-state index in [4.69, 9.17) is 0 Å². The molecular formula is C25H36N2O4. The maximum Gasteiger partial charge on any atom is 0.334 e. The van der Waals surface area contributed by atoms with Gasteiger partial charge in [0.05, 0.1) is 5.69 Å². The molecule has 0 aliphatic heterocycles. The molecule has 1 unspecified atom stereocenters. The van der Waals surface area contributed by atoms with E-state index >= 15 is 0 Å². The molecule has 0 aliphatic carbocycles. The molecule has 170 valence electrons. The molecule has 0 amide bonds. The summed E-state index contributed by atoms with van der Waals surface area (Å²) in [7, 11) is 0. The summed E-state index contributed by atoms with van der Waals surface area (Å²) in [5.74, 6) is -1.22. The lowest BCUT2D eigenvalue weighted by Gasteiger charge is -2.10. The maximum absolute atomic E-state index is 11.3. The maximum atomic E-state index is 11.3. The number of nitrogens with zero attached hydrogens (tertiary/aromatic N) is 2. The molecule has 6 nitrogen and oxygen atoms in total. The van der Waals surface area contributed by atoms with Crippen molar-refractivity contribution in [2.45, 2.75) is 103 Å². The summed E-state index contributed by atoms with van der Waals surface area (Å²) in [4.78, 5) is 39.6. The van der Waals surface area contributed by atoms with E-state index in [1.165, 1.54) is 76.4 Å². The normalized spacial score (nSPS) is 11.4. The standard InChI is InChI=1S/C25H36N2O4/c1-2-3-4-5-6-7-8-9-10-11-12-13-14-15-21-18-22(16-17-23(21)26-19-28)24(25(30)31)27-20-29/h16-18,24H,2-15H2,1H3,(H,30,31). The molecule has 1 N–H and O–H groups in total. The summed E-state index contributed by atoms with van der Waals surface area (Å²) in [5, 5.41) is 9.26. The Hall–Kier alpha value is -2.55. The van der Waals surface area contributed by atoms with E-state index in [-0.39, 0.29) is 0 Å². The molecule has 1 aromatic carbocycles. The monoisotopic (exact) mass is 428 g/mol. The van der Waals surface area contributed by atoms with Gasteiger partial charge in [-0.25, -0.2) is 14.4 Å². The van der Waals surface area contributed by atoms with Crippen LogP contribution in [0.25, 0.3) is 0 Å². The second kappa shape index (κ2) is 17.2. The lowest BCUT2D eigenvalue weighted by Crippen LogP contribution is -2.09. The lowest BCUT2D eigenvalue weighted by molar-refractivity contribution is -0.138. The van der Waals surface area contributed by atoms with Crippen LogP contribution in [0.15, 0.2) is 28.2 Å². The molecule has 0 aromatic heterocycles. The van der Waals surface area contributed by atoms with E-state index in [2.05, 4.69) is 16.9 Å². The highest BCUT2D eigenvalue weighted by Gasteiger charge is 2.20. The number of benzene rings is 1. The zero-order valence-corrected chi connectivity index (χ0v) is 18.8. The minimum atomic E-state index is -1.29. The van der Waals surface area contributed by atoms with E-state index in [0.29, 0.717) is 17.7 Å². The van der Waals surface area contributed by atoms with Gasteiger partial charge >= 0.3 is 5.97 Å². The predicted molar refractivity (Wildman–Crippen MR) is 122 cm³/mol. The number of aliphatic carboxylic acids is 1. The number of hydrogen-bond acceptors (Lipinski definition) is 5. The number of carboxylic acid groups (broad SMARTS) is 1. The summed E-state index contributed by atoms with van der Waals surface area (Å²) in [6.07, 6.45) is 20.0. The quantitative estimate of drug-likeness (QED) is 0.159. The summed E-state index contributed by atoms with van der Waals surface area (Å²) >= 11 is 0. The van der Waals surface area contributed by atoms with E-state index < -0.39 is 12.0 Å². The largest absolute Gasteiger partial charge is 0.479 e. The highest BCUT2D eigenvalue weighted by Crippen LogP contribution is 2.27. The molecule has 1 atom stereocenters. The van der Waals surface area contributed by atoms with Crippen molar-refractivity contribution in [1.29, 1.82) is 0 Å². The van der Waals surface area contributed by atoms with Crippen LogP contribution in [0.5, 0.6) is 0 Å². The number of carbonyl (C=O) groups excluding carboxylic acids is 2. The van der Waals surface area contributed by atoms with Crippen molar-refractivity contribution in [1.82, 2.24) is 0 Å². The van der Waals surface area contributed by atoms with Gasteiger partial charge in [0.2, 0.25) is 12.2 Å². The van der Waals surface area contributed by atoms with Crippen molar-refractivity contribution < 1.29 is 19.5 Å². The minimum absolute atomic E-state index is 0.380. The van der Waals surface area contributed by atoms with Crippen LogP contribution in [-0.2, 0) is 20.8 Å². The third-order valence-corrected chi connectivity index (χ3v) is 5.55. The van der Waals surface area contributed by atoms with Crippen LogP contribution in [0.4, 0.5) is 5.69 Å². The number of unbranched alkanes of at least 4 members (excludes halogenated alkanes) is 12. The minimum Gasteiger partial charge on any atom is -0.479 e. The first-order valence-electron chi connectivity index (χ1n) is 11.6. The lowest BCUT2D eigenvalue weighted by atomic mass is 9.98. The van der Waals surface area contributed by atoms with Gasteiger partial charge in [0.1, 0.15) is 0 Å². The van der Waals surface area contributed by atoms with Crippen LogP contribution in [0.1, 0.15) is 108 Å². The second-order valence-electron chi connectivity index (χ2n) is 8.05. The van der Waals surface area contributed by atoms with E-state index in [9.17, 15) is 19.5 Å². The Bertz CT molecular complexity index is 748. The Labute approximate surface area is 185 Å². The molecule has 0 saturated carbocycles. The molecule has 0 radical (unpaired) electrons. The van der Waals surface area contributed by atoms with Crippen LogP contribution < -0.4 is 0 Å². The molecule has 0 aliphatic rings. The smallest absolute Gasteiger partial charge is 0.334 e. The van der Waals surface area contributed by atoms with Gasteiger partial charge in [-0.15, -0.1) is 0 Å². The molecule has 0 fully saturated rings. The topological polar surface area (TPSA) is 96.2 Å². The van der Waals surface area contributed by atoms with Crippen LogP contribution in [-0.4, -0.2) is 23.2 Å². The average Bonchev–Trinajstić information content (AvgIpc) is 2.76. The van der Waals surface area contributed by atoms with Gasteiger partial charge in [-0.1, -0.05) is 96.1 Å². The first kappa shape index (κ1) is 26.5. The van der Waals surface area contributed by atoms with E-state index in [1.807, 2.05) is 0 Å². The summed E-state index contributed by atoms with van der Waals surface area (Å²) in [6.45, 7) is 2.25. The number of aryl methyl sites for hydroxylation is 1. The molecule has 0 heterocycles. The van der Waals surface area contributed by atoms with Crippen molar-refractivity contribution in [2.24, 2.45) is 9.98 Å². The van der Waals surface area contributed by atoms with Crippen molar-refractivity contribution >= 4 is 23.8 Å². The Morgan fingerprint density at radius 1 is 0.871 bits per heavy atom. The molecule has 0 spiro atoms. The Morgan fingerprint density at radius 2 is 1.42 bits per heavy atom. The predicted octanol–water partition coefficient (Wildman–Crippen LogP) is 6.75. The Morgan fingerprint density at radius 3 is 1.90 bits per heavy atom. The zero-order valence-electron chi connectivity index (χ0n) is 18.8. The fourth-order valence-corrected chi connectivity index (χ4v) is 3.79. The third kappa shape index (κ3) is 11.4. The average molecular weight is 429 g/mol. The summed E-state index contributed by atoms with van der Waals surface area (Å²) in [6, 6.07) is 3.46. The molecule has 1 rings (SSSR count). The van der Waals surface area contributed by atoms with Gasteiger partial charge in [-0.2, -0.15) is 9.98 Å². The number of rotatable bonds is 18. The van der Waals surface area contributed by atoms with Crippen molar-refractivity contribution in [3.05, 3.63) is 29.3 Å². The third-order valence-electron chi connectivity index (χ3n) is 5.55. The Balaban J connectivity index is 2.37. The van der Waals surface area contributed by atoms with Crippen molar-refractivity contribution in [2.75, 3.05) is 0 Å². The molecule has 0 bridgehead atoms. The number of hydrogen-bond donors (Lipinski definition) is 1. The number of carbonyl (C=O) groups is 1. The number of isocyanates is 2. The van der Waals surface area contributed by atoms with Crippen molar-refractivity contribution in [3.8, 4) is 0 Å².